The Balaban J connectivity index is 1.29. The number of hydrogen-bond donors (Lipinski definition) is 1. The van der Waals surface area contributed by atoms with E-state index in [2.05, 4.69) is 17.4 Å². The standard InChI is InChI=1S/C32H32N2O4S/c1-24-14-20-29(21-15-24)39(36,37)34(22-25-8-3-2-4-9-25)27-16-18-28(19-17-27)38-23-32(35)33-31-13-7-11-26-10-5-6-12-30(26)31/h2-6,8-10,12,14-21,31H,7,11,13,22-23H2,1H3,(H,33,35)/t31-/m0/s1. The molecule has 1 amide bonds. The van der Waals surface area contributed by atoms with Crippen LogP contribution in [0.1, 0.15) is 41.1 Å². The maximum absolute atomic E-state index is 13.7. The van der Waals surface area contributed by atoms with Gasteiger partial charge < -0.3 is 10.1 Å². The second-order valence-electron chi connectivity index (χ2n) is 9.80. The quantitative estimate of drug-likeness (QED) is 0.284. The fraction of sp³-hybridized carbons (Fsp3) is 0.219. The van der Waals surface area contributed by atoms with E-state index in [1.54, 1.807) is 48.5 Å². The van der Waals surface area contributed by atoms with Crippen LogP contribution in [-0.4, -0.2) is 20.9 Å². The Bertz CT molecular complexity index is 1520. The van der Waals surface area contributed by atoms with E-state index >= 15 is 0 Å². The van der Waals surface area contributed by atoms with Gasteiger partial charge in [0.25, 0.3) is 15.9 Å². The normalized spacial score (nSPS) is 14.7. The minimum Gasteiger partial charge on any atom is -0.484 e. The van der Waals surface area contributed by atoms with Crippen molar-refractivity contribution in [1.29, 1.82) is 0 Å². The van der Waals surface area contributed by atoms with Crippen LogP contribution in [0.4, 0.5) is 5.69 Å². The van der Waals surface area contributed by atoms with E-state index in [4.69, 9.17) is 4.74 Å². The molecule has 0 bridgehead atoms. The van der Waals surface area contributed by atoms with E-state index in [9.17, 15) is 13.2 Å². The number of aryl methyl sites for hydroxylation is 2. The number of benzene rings is 4. The summed E-state index contributed by atoms with van der Waals surface area (Å²) in [5.74, 6) is 0.304. The van der Waals surface area contributed by atoms with Crippen LogP contribution in [0.2, 0.25) is 0 Å². The van der Waals surface area contributed by atoms with Crippen molar-refractivity contribution in [2.75, 3.05) is 10.9 Å². The fourth-order valence-corrected chi connectivity index (χ4v) is 6.35. The zero-order valence-electron chi connectivity index (χ0n) is 21.9. The Hall–Kier alpha value is -4.10. The van der Waals surface area contributed by atoms with Gasteiger partial charge in [-0.2, -0.15) is 0 Å². The van der Waals surface area contributed by atoms with Crippen molar-refractivity contribution in [2.24, 2.45) is 0 Å². The van der Waals surface area contributed by atoms with Crippen LogP contribution in [0, 0.1) is 6.92 Å². The molecular weight excluding hydrogens is 508 g/mol. The number of carbonyl (C=O) groups is 1. The number of carbonyl (C=O) groups excluding carboxylic acids is 1. The molecule has 0 saturated heterocycles. The van der Waals surface area contributed by atoms with Gasteiger partial charge in [-0.05, 0) is 79.3 Å². The Morgan fingerprint density at radius 2 is 1.59 bits per heavy atom. The maximum atomic E-state index is 13.7. The van der Waals surface area contributed by atoms with Gasteiger partial charge in [0.1, 0.15) is 5.75 Å². The van der Waals surface area contributed by atoms with E-state index in [0.29, 0.717) is 11.4 Å². The molecule has 200 valence electrons. The number of nitrogens with zero attached hydrogens (tertiary/aromatic N) is 1. The molecule has 0 unspecified atom stereocenters. The average molecular weight is 541 g/mol. The molecule has 1 aliphatic carbocycles. The lowest BCUT2D eigenvalue weighted by Gasteiger charge is -2.26. The van der Waals surface area contributed by atoms with Crippen molar-refractivity contribution < 1.29 is 17.9 Å². The molecule has 4 aromatic carbocycles. The smallest absolute Gasteiger partial charge is 0.264 e. The number of nitrogens with one attached hydrogen (secondary N) is 1. The summed E-state index contributed by atoms with van der Waals surface area (Å²) in [7, 11) is -3.82. The number of rotatable bonds is 9. The summed E-state index contributed by atoms with van der Waals surface area (Å²) in [6, 6.07) is 31.3. The third-order valence-corrected chi connectivity index (χ3v) is 8.77. The monoisotopic (exact) mass is 540 g/mol. The highest BCUT2D eigenvalue weighted by Crippen LogP contribution is 2.30. The molecule has 7 heteroatoms. The summed E-state index contributed by atoms with van der Waals surface area (Å²) in [5, 5.41) is 3.09. The van der Waals surface area contributed by atoms with Crippen LogP contribution >= 0.6 is 0 Å². The van der Waals surface area contributed by atoms with Gasteiger partial charge >= 0.3 is 0 Å². The first-order valence-corrected chi connectivity index (χ1v) is 14.6. The van der Waals surface area contributed by atoms with Gasteiger partial charge in [-0.25, -0.2) is 8.42 Å². The van der Waals surface area contributed by atoms with Gasteiger partial charge in [-0.3, -0.25) is 9.10 Å². The van der Waals surface area contributed by atoms with Gasteiger partial charge in [0.2, 0.25) is 0 Å². The molecule has 5 rings (SSSR count). The Morgan fingerprint density at radius 1 is 0.897 bits per heavy atom. The molecular formula is C32H32N2O4S. The van der Waals surface area contributed by atoms with Crippen molar-refractivity contribution in [1.82, 2.24) is 5.32 Å². The number of sulfonamides is 1. The van der Waals surface area contributed by atoms with E-state index in [1.165, 1.54) is 15.4 Å². The first-order valence-electron chi connectivity index (χ1n) is 13.1. The molecule has 0 fully saturated rings. The number of fused-ring (bicyclic) bond motifs is 1. The third-order valence-electron chi connectivity index (χ3n) is 6.98. The lowest BCUT2D eigenvalue weighted by atomic mass is 9.88. The summed E-state index contributed by atoms with van der Waals surface area (Å²) in [4.78, 5) is 12.9. The minimum absolute atomic E-state index is 0.00745. The second-order valence-corrected chi connectivity index (χ2v) is 11.7. The zero-order valence-corrected chi connectivity index (χ0v) is 22.7. The molecule has 1 atom stereocenters. The molecule has 6 nitrogen and oxygen atoms in total. The van der Waals surface area contributed by atoms with Crippen molar-refractivity contribution in [3.8, 4) is 5.75 Å². The van der Waals surface area contributed by atoms with Gasteiger partial charge in [-0.1, -0.05) is 72.3 Å². The van der Waals surface area contributed by atoms with Gasteiger partial charge in [-0.15, -0.1) is 0 Å². The fourth-order valence-electron chi connectivity index (χ4n) is 4.90. The van der Waals surface area contributed by atoms with E-state index < -0.39 is 10.0 Å². The number of hydrogen-bond acceptors (Lipinski definition) is 4. The van der Waals surface area contributed by atoms with Gasteiger partial charge in [0, 0.05) is 0 Å². The lowest BCUT2D eigenvalue weighted by Crippen LogP contribution is -2.34. The van der Waals surface area contributed by atoms with Crippen LogP contribution in [0.25, 0.3) is 0 Å². The summed E-state index contributed by atoms with van der Waals surface area (Å²) in [5.41, 5.74) is 4.83. The molecule has 1 aliphatic rings. The molecule has 0 radical (unpaired) electrons. The summed E-state index contributed by atoms with van der Waals surface area (Å²) in [6.45, 7) is 1.99. The maximum Gasteiger partial charge on any atom is 0.264 e. The highest BCUT2D eigenvalue weighted by molar-refractivity contribution is 7.92. The molecule has 0 spiro atoms. The molecule has 0 aliphatic heterocycles. The second kappa shape index (κ2) is 11.7. The molecule has 0 aromatic heterocycles. The molecule has 39 heavy (non-hydrogen) atoms. The molecule has 4 aromatic rings. The van der Waals surface area contributed by atoms with Crippen molar-refractivity contribution in [3.63, 3.8) is 0 Å². The molecule has 0 heterocycles. The largest absolute Gasteiger partial charge is 0.484 e. The van der Waals surface area contributed by atoms with Crippen molar-refractivity contribution >= 4 is 21.6 Å². The summed E-state index contributed by atoms with van der Waals surface area (Å²) in [6.07, 6.45) is 2.98. The topological polar surface area (TPSA) is 75.7 Å². The lowest BCUT2D eigenvalue weighted by molar-refractivity contribution is -0.123. The van der Waals surface area contributed by atoms with Crippen molar-refractivity contribution in [2.45, 2.75) is 43.7 Å². The zero-order chi connectivity index (χ0) is 27.2. The molecule has 1 N–H and O–H groups in total. The van der Waals surface area contributed by atoms with Crippen LogP contribution in [-0.2, 0) is 27.8 Å². The Morgan fingerprint density at radius 3 is 2.33 bits per heavy atom. The Labute approximate surface area is 230 Å². The number of anilines is 1. The highest BCUT2D eigenvalue weighted by atomic mass is 32.2. The Kier molecular flexibility index (Phi) is 7.98. The summed E-state index contributed by atoms with van der Waals surface area (Å²) < 4.78 is 34.5. The minimum atomic E-state index is -3.82. The van der Waals surface area contributed by atoms with Gasteiger partial charge in [0.15, 0.2) is 6.61 Å². The van der Waals surface area contributed by atoms with Crippen LogP contribution in [0.3, 0.4) is 0 Å². The predicted octanol–water partition coefficient (Wildman–Crippen LogP) is 5.96. The first kappa shape index (κ1) is 26.5. The van der Waals surface area contributed by atoms with Crippen LogP contribution < -0.4 is 14.4 Å². The summed E-state index contributed by atoms with van der Waals surface area (Å²) >= 11 is 0. The first-order chi connectivity index (χ1) is 18.9. The van der Waals surface area contributed by atoms with Gasteiger partial charge in [0.05, 0.1) is 23.2 Å². The third kappa shape index (κ3) is 6.32. The van der Waals surface area contributed by atoms with E-state index in [1.807, 2.05) is 49.4 Å². The van der Waals surface area contributed by atoms with Crippen LogP contribution in [0.5, 0.6) is 5.75 Å². The predicted molar refractivity (Wildman–Crippen MR) is 153 cm³/mol. The van der Waals surface area contributed by atoms with Crippen LogP contribution in [0.15, 0.2) is 108 Å². The SMILES string of the molecule is Cc1ccc(S(=O)(=O)N(Cc2ccccc2)c2ccc(OCC(=O)N[C@H]3CCCc4ccccc43)cc2)cc1. The average Bonchev–Trinajstić information content (AvgIpc) is 2.96. The highest BCUT2D eigenvalue weighted by Gasteiger charge is 2.26. The number of amides is 1. The van der Waals surface area contributed by atoms with Crippen molar-refractivity contribution in [3.05, 3.63) is 125 Å². The van der Waals surface area contributed by atoms with E-state index in [0.717, 1.165) is 30.4 Å². The molecule has 0 saturated carbocycles. The van der Waals surface area contributed by atoms with E-state index in [-0.39, 0.29) is 30.0 Å². The number of ether oxygens (including phenoxy) is 1.